The van der Waals surface area contributed by atoms with Gasteiger partial charge in [-0.3, -0.25) is 9.69 Å². The number of nitrogens with zero attached hydrogens (tertiary/aromatic N) is 4. The Balaban J connectivity index is 1.25. The Morgan fingerprint density at radius 2 is 2.11 bits per heavy atom. The fraction of sp³-hybridized carbons (Fsp3) is 0.444. The van der Waals surface area contributed by atoms with Crippen LogP contribution in [0.5, 0.6) is 0 Å². The van der Waals surface area contributed by atoms with Crippen molar-refractivity contribution in [3.8, 4) is 10.7 Å². The van der Waals surface area contributed by atoms with Crippen LogP contribution in [0.3, 0.4) is 0 Å². The minimum Gasteiger partial charge on any atom is -0.339 e. The van der Waals surface area contributed by atoms with Crippen molar-refractivity contribution in [2.75, 3.05) is 18.4 Å². The number of rotatable bonds is 7. The quantitative estimate of drug-likeness (QED) is 0.646. The molecule has 1 aliphatic rings. The molecule has 142 valence electrons. The summed E-state index contributed by atoms with van der Waals surface area (Å²) in [5.74, 6) is 0.950. The lowest BCUT2D eigenvalue weighted by Crippen LogP contribution is -2.29. The molecule has 3 aromatic rings. The summed E-state index contributed by atoms with van der Waals surface area (Å²) in [7, 11) is 0. The molecule has 1 fully saturated rings. The standard InChI is InChI=1S/C18H21N5O2S2/c24-15(6-7-16-21-17(22-25-16)14-5-4-10-26-14)20-18-19-13(12-27-18)11-23-8-2-1-3-9-23/h4-5,10,12H,1-3,6-9,11H2,(H,19,20,24). The molecule has 1 amide bonds. The maximum absolute atomic E-state index is 12.2. The smallest absolute Gasteiger partial charge is 0.227 e. The van der Waals surface area contributed by atoms with Crippen molar-refractivity contribution in [3.63, 3.8) is 0 Å². The van der Waals surface area contributed by atoms with Gasteiger partial charge in [0.2, 0.25) is 17.6 Å². The molecule has 0 aromatic carbocycles. The van der Waals surface area contributed by atoms with Crippen molar-refractivity contribution in [3.05, 3.63) is 34.5 Å². The molecule has 0 radical (unpaired) electrons. The average Bonchev–Trinajstić information content (AvgIpc) is 3.43. The van der Waals surface area contributed by atoms with Crippen LogP contribution in [-0.2, 0) is 17.8 Å². The van der Waals surface area contributed by atoms with Crippen molar-refractivity contribution < 1.29 is 9.32 Å². The molecule has 0 atom stereocenters. The van der Waals surface area contributed by atoms with Gasteiger partial charge in [0, 0.05) is 24.8 Å². The maximum Gasteiger partial charge on any atom is 0.227 e. The van der Waals surface area contributed by atoms with Crippen molar-refractivity contribution in [1.82, 2.24) is 20.0 Å². The number of piperidine rings is 1. The number of aromatic nitrogens is 3. The van der Waals surface area contributed by atoms with Crippen molar-refractivity contribution >= 4 is 33.7 Å². The monoisotopic (exact) mass is 403 g/mol. The van der Waals surface area contributed by atoms with Gasteiger partial charge in [0.15, 0.2) is 5.13 Å². The molecule has 1 N–H and O–H groups in total. The second kappa shape index (κ2) is 8.73. The molecule has 4 heterocycles. The van der Waals surface area contributed by atoms with E-state index in [0.717, 1.165) is 30.2 Å². The van der Waals surface area contributed by atoms with Crippen LogP contribution in [0.1, 0.15) is 37.3 Å². The molecular formula is C18H21N5O2S2. The molecule has 27 heavy (non-hydrogen) atoms. The summed E-state index contributed by atoms with van der Waals surface area (Å²) in [6, 6.07) is 3.88. The number of carbonyl (C=O) groups excluding carboxylic acids is 1. The van der Waals surface area contributed by atoms with Crippen LogP contribution < -0.4 is 5.32 Å². The van der Waals surface area contributed by atoms with E-state index >= 15 is 0 Å². The van der Waals surface area contributed by atoms with E-state index in [2.05, 4.69) is 25.3 Å². The van der Waals surface area contributed by atoms with Crippen LogP contribution in [0.2, 0.25) is 0 Å². The summed E-state index contributed by atoms with van der Waals surface area (Å²) in [5.41, 5.74) is 1.02. The normalized spacial score (nSPS) is 15.1. The number of carbonyl (C=O) groups is 1. The van der Waals surface area contributed by atoms with Gasteiger partial charge in [0.05, 0.1) is 10.6 Å². The van der Waals surface area contributed by atoms with E-state index in [1.807, 2.05) is 22.9 Å². The van der Waals surface area contributed by atoms with Gasteiger partial charge in [-0.25, -0.2) is 4.98 Å². The van der Waals surface area contributed by atoms with Gasteiger partial charge in [-0.2, -0.15) is 4.98 Å². The molecule has 0 saturated carbocycles. The van der Waals surface area contributed by atoms with E-state index in [1.54, 1.807) is 11.3 Å². The Morgan fingerprint density at radius 3 is 2.93 bits per heavy atom. The average molecular weight is 404 g/mol. The molecular weight excluding hydrogens is 382 g/mol. The summed E-state index contributed by atoms with van der Waals surface area (Å²) in [4.78, 5) is 24.4. The van der Waals surface area contributed by atoms with Crippen molar-refractivity contribution in [2.45, 2.75) is 38.6 Å². The molecule has 7 nitrogen and oxygen atoms in total. The highest BCUT2D eigenvalue weighted by Crippen LogP contribution is 2.22. The fourth-order valence-electron chi connectivity index (χ4n) is 3.05. The SMILES string of the molecule is O=C(CCc1nc(-c2cccs2)no1)Nc1nc(CN2CCCCC2)cs1. The summed E-state index contributed by atoms with van der Waals surface area (Å²) >= 11 is 3.03. The molecule has 9 heteroatoms. The summed E-state index contributed by atoms with van der Waals surface area (Å²) in [6.07, 6.45) is 4.54. The van der Waals surface area contributed by atoms with E-state index in [4.69, 9.17) is 4.52 Å². The third-order valence-corrected chi connectivity index (χ3v) is 6.08. The molecule has 0 aliphatic carbocycles. The molecule has 0 bridgehead atoms. The maximum atomic E-state index is 12.2. The third kappa shape index (κ3) is 5.00. The predicted molar refractivity (Wildman–Crippen MR) is 106 cm³/mol. The molecule has 3 aromatic heterocycles. The fourth-order valence-corrected chi connectivity index (χ4v) is 4.41. The lowest BCUT2D eigenvalue weighted by molar-refractivity contribution is -0.116. The van der Waals surface area contributed by atoms with Gasteiger partial charge < -0.3 is 9.84 Å². The minimum absolute atomic E-state index is 0.0928. The first-order chi connectivity index (χ1) is 13.3. The van der Waals surface area contributed by atoms with Gasteiger partial charge in [-0.1, -0.05) is 17.6 Å². The predicted octanol–water partition coefficient (Wildman–Crippen LogP) is 3.81. The highest BCUT2D eigenvalue weighted by Gasteiger charge is 2.14. The number of hydrogen-bond acceptors (Lipinski definition) is 8. The third-order valence-electron chi connectivity index (χ3n) is 4.41. The summed E-state index contributed by atoms with van der Waals surface area (Å²) < 4.78 is 5.22. The van der Waals surface area contributed by atoms with Gasteiger partial charge >= 0.3 is 0 Å². The topological polar surface area (TPSA) is 84.1 Å². The zero-order valence-corrected chi connectivity index (χ0v) is 16.5. The Morgan fingerprint density at radius 1 is 1.22 bits per heavy atom. The van der Waals surface area contributed by atoms with Gasteiger partial charge in [0.25, 0.3) is 0 Å². The Hall–Kier alpha value is -2.10. The number of aryl methyl sites for hydroxylation is 1. The van der Waals surface area contributed by atoms with E-state index in [0.29, 0.717) is 23.3 Å². The highest BCUT2D eigenvalue weighted by atomic mass is 32.1. The summed E-state index contributed by atoms with van der Waals surface area (Å²) in [5, 5.41) is 11.5. The lowest BCUT2D eigenvalue weighted by atomic mass is 10.1. The van der Waals surface area contributed by atoms with Crippen LogP contribution in [0.25, 0.3) is 10.7 Å². The number of anilines is 1. The minimum atomic E-state index is -0.0928. The first kappa shape index (κ1) is 18.3. The molecule has 0 unspecified atom stereocenters. The van der Waals surface area contributed by atoms with Gasteiger partial charge in [-0.15, -0.1) is 22.7 Å². The molecule has 1 saturated heterocycles. The Labute approximate surface area is 165 Å². The molecule has 0 spiro atoms. The van der Waals surface area contributed by atoms with Crippen LogP contribution in [-0.4, -0.2) is 39.0 Å². The Bertz CT molecular complexity index is 868. The summed E-state index contributed by atoms with van der Waals surface area (Å²) in [6.45, 7) is 3.13. The second-order valence-electron chi connectivity index (χ2n) is 6.52. The number of amides is 1. The van der Waals surface area contributed by atoms with Crippen LogP contribution >= 0.6 is 22.7 Å². The first-order valence-corrected chi connectivity index (χ1v) is 10.9. The van der Waals surface area contributed by atoms with Crippen molar-refractivity contribution in [1.29, 1.82) is 0 Å². The van der Waals surface area contributed by atoms with Gasteiger partial charge in [-0.05, 0) is 37.4 Å². The van der Waals surface area contributed by atoms with Crippen LogP contribution in [0.4, 0.5) is 5.13 Å². The van der Waals surface area contributed by atoms with Crippen molar-refractivity contribution in [2.24, 2.45) is 0 Å². The second-order valence-corrected chi connectivity index (χ2v) is 8.32. The van der Waals surface area contributed by atoms with Crippen LogP contribution in [0.15, 0.2) is 27.4 Å². The van der Waals surface area contributed by atoms with E-state index in [-0.39, 0.29) is 12.3 Å². The van der Waals surface area contributed by atoms with E-state index < -0.39 is 0 Å². The zero-order valence-electron chi connectivity index (χ0n) is 14.9. The molecule has 1 aliphatic heterocycles. The number of thiophene rings is 1. The zero-order chi connectivity index (χ0) is 18.5. The van der Waals surface area contributed by atoms with E-state index in [9.17, 15) is 4.79 Å². The number of likely N-dealkylation sites (tertiary alicyclic amines) is 1. The Kier molecular flexibility index (Phi) is 5.90. The number of nitrogens with one attached hydrogen (secondary N) is 1. The number of hydrogen-bond donors (Lipinski definition) is 1. The lowest BCUT2D eigenvalue weighted by Gasteiger charge is -2.25. The van der Waals surface area contributed by atoms with Crippen LogP contribution in [0, 0.1) is 0 Å². The first-order valence-electron chi connectivity index (χ1n) is 9.09. The molecule has 4 rings (SSSR count). The highest BCUT2D eigenvalue weighted by molar-refractivity contribution is 7.14. The number of thiazole rings is 1. The van der Waals surface area contributed by atoms with Gasteiger partial charge in [0.1, 0.15) is 0 Å². The largest absolute Gasteiger partial charge is 0.339 e. The van der Waals surface area contributed by atoms with E-state index in [1.165, 1.54) is 30.6 Å².